The molecule has 0 unspecified atom stereocenters. The van der Waals surface area contributed by atoms with Crippen LogP contribution in [0.4, 0.5) is 0 Å². The van der Waals surface area contributed by atoms with Crippen LogP contribution in [-0.2, 0) is 11.2 Å². The summed E-state index contributed by atoms with van der Waals surface area (Å²) < 4.78 is 10.4. The van der Waals surface area contributed by atoms with Gasteiger partial charge in [0.2, 0.25) is 0 Å². The Morgan fingerprint density at radius 3 is 2.70 bits per heavy atom. The number of carboxylic acids is 1. The van der Waals surface area contributed by atoms with Gasteiger partial charge in [-0.25, -0.2) is 0 Å². The minimum Gasteiger partial charge on any atom is -0.497 e. The summed E-state index contributed by atoms with van der Waals surface area (Å²) in [5.74, 6) is 0.622. The molecule has 5 nitrogen and oxygen atoms in total. The SMILES string of the molecule is COc1ccc(CCC(=O)O)c(-c2c(C)noc2C)c1. The monoisotopic (exact) mass is 275 g/mol. The smallest absolute Gasteiger partial charge is 0.303 e. The molecule has 2 rings (SSSR count). The molecule has 1 N–H and O–H groups in total. The number of hydrogen-bond acceptors (Lipinski definition) is 4. The fraction of sp³-hybridized carbons (Fsp3) is 0.333. The summed E-state index contributed by atoms with van der Waals surface area (Å²) in [7, 11) is 1.60. The van der Waals surface area contributed by atoms with Crippen LogP contribution in [0.15, 0.2) is 22.7 Å². The summed E-state index contributed by atoms with van der Waals surface area (Å²) in [6, 6.07) is 5.62. The Balaban J connectivity index is 2.50. The van der Waals surface area contributed by atoms with Crippen LogP contribution < -0.4 is 4.74 Å². The molecule has 0 radical (unpaired) electrons. The third-order valence-electron chi connectivity index (χ3n) is 3.23. The van der Waals surface area contributed by atoms with E-state index in [0.29, 0.717) is 12.2 Å². The van der Waals surface area contributed by atoms with Gasteiger partial charge in [-0.1, -0.05) is 11.2 Å². The van der Waals surface area contributed by atoms with E-state index in [1.165, 1.54) is 0 Å². The number of rotatable bonds is 5. The molecule has 106 valence electrons. The van der Waals surface area contributed by atoms with Crippen molar-refractivity contribution in [1.82, 2.24) is 5.16 Å². The maximum absolute atomic E-state index is 10.8. The first-order valence-corrected chi connectivity index (χ1v) is 6.35. The van der Waals surface area contributed by atoms with Gasteiger partial charge in [0.15, 0.2) is 0 Å². The zero-order chi connectivity index (χ0) is 14.7. The summed E-state index contributed by atoms with van der Waals surface area (Å²) in [4.78, 5) is 10.8. The predicted molar refractivity (Wildman–Crippen MR) is 73.9 cm³/mol. The molecule has 0 bridgehead atoms. The Morgan fingerprint density at radius 1 is 1.40 bits per heavy atom. The van der Waals surface area contributed by atoms with Gasteiger partial charge in [0.1, 0.15) is 11.5 Å². The number of hydrogen-bond donors (Lipinski definition) is 1. The van der Waals surface area contributed by atoms with Crippen LogP contribution in [0.25, 0.3) is 11.1 Å². The van der Waals surface area contributed by atoms with E-state index in [1.807, 2.05) is 32.0 Å². The van der Waals surface area contributed by atoms with Crippen LogP contribution in [0.2, 0.25) is 0 Å². The van der Waals surface area contributed by atoms with Gasteiger partial charge >= 0.3 is 5.97 Å². The lowest BCUT2D eigenvalue weighted by atomic mass is 9.95. The molecule has 5 heteroatoms. The summed E-state index contributed by atoms with van der Waals surface area (Å²) >= 11 is 0. The van der Waals surface area contributed by atoms with Crippen molar-refractivity contribution in [2.45, 2.75) is 26.7 Å². The van der Waals surface area contributed by atoms with Crippen molar-refractivity contribution in [3.8, 4) is 16.9 Å². The number of aliphatic carboxylic acids is 1. The molecule has 1 heterocycles. The number of aromatic nitrogens is 1. The maximum atomic E-state index is 10.8. The van der Waals surface area contributed by atoms with Crippen molar-refractivity contribution in [1.29, 1.82) is 0 Å². The summed E-state index contributed by atoms with van der Waals surface area (Å²) in [6.45, 7) is 3.71. The summed E-state index contributed by atoms with van der Waals surface area (Å²) in [6.07, 6.45) is 0.543. The largest absolute Gasteiger partial charge is 0.497 e. The molecule has 0 aliphatic rings. The maximum Gasteiger partial charge on any atom is 0.303 e. The van der Waals surface area contributed by atoms with E-state index >= 15 is 0 Å². The van der Waals surface area contributed by atoms with Crippen LogP contribution >= 0.6 is 0 Å². The second kappa shape index (κ2) is 5.77. The number of carboxylic acid groups (broad SMARTS) is 1. The Morgan fingerprint density at radius 2 is 2.15 bits per heavy atom. The number of benzene rings is 1. The van der Waals surface area contributed by atoms with Gasteiger partial charge in [-0.2, -0.15) is 0 Å². The zero-order valence-corrected chi connectivity index (χ0v) is 11.8. The Kier molecular flexibility index (Phi) is 4.08. The van der Waals surface area contributed by atoms with Gasteiger partial charge < -0.3 is 14.4 Å². The first-order chi connectivity index (χ1) is 9.52. The highest BCUT2D eigenvalue weighted by Crippen LogP contribution is 2.33. The third-order valence-corrected chi connectivity index (χ3v) is 3.23. The number of carbonyl (C=O) groups is 1. The first-order valence-electron chi connectivity index (χ1n) is 6.35. The minimum atomic E-state index is -0.814. The normalized spacial score (nSPS) is 10.6. The van der Waals surface area contributed by atoms with Crippen LogP contribution in [0.3, 0.4) is 0 Å². The molecular weight excluding hydrogens is 258 g/mol. The average Bonchev–Trinajstić information content (AvgIpc) is 2.75. The fourth-order valence-corrected chi connectivity index (χ4v) is 2.24. The number of nitrogens with zero attached hydrogens (tertiary/aromatic N) is 1. The average molecular weight is 275 g/mol. The highest BCUT2D eigenvalue weighted by Gasteiger charge is 2.16. The predicted octanol–water partition coefficient (Wildman–Crippen LogP) is 2.98. The van der Waals surface area contributed by atoms with Crippen LogP contribution in [0.1, 0.15) is 23.4 Å². The van der Waals surface area contributed by atoms with Gasteiger partial charge in [-0.05, 0) is 43.5 Å². The molecule has 1 aromatic carbocycles. The molecular formula is C15H17NO4. The molecule has 0 spiro atoms. The summed E-state index contributed by atoms with van der Waals surface area (Å²) in [5, 5.41) is 12.8. The van der Waals surface area contributed by atoms with E-state index < -0.39 is 5.97 Å². The molecule has 0 aliphatic carbocycles. The van der Waals surface area contributed by atoms with Crippen LogP contribution in [0, 0.1) is 13.8 Å². The van der Waals surface area contributed by atoms with Gasteiger partial charge in [0.05, 0.1) is 12.8 Å². The van der Waals surface area contributed by atoms with Gasteiger partial charge in [0, 0.05) is 12.0 Å². The Labute approximate surface area is 117 Å². The summed E-state index contributed by atoms with van der Waals surface area (Å²) in [5.41, 5.74) is 3.56. The Hall–Kier alpha value is -2.30. The third kappa shape index (κ3) is 2.82. The molecule has 20 heavy (non-hydrogen) atoms. The van der Waals surface area contributed by atoms with Crippen molar-refractivity contribution < 1.29 is 19.2 Å². The van der Waals surface area contributed by atoms with E-state index in [-0.39, 0.29) is 6.42 Å². The number of ether oxygens (including phenoxy) is 1. The number of methoxy groups -OCH3 is 1. The van der Waals surface area contributed by atoms with Crippen LogP contribution in [0.5, 0.6) is 5.75 Å². The molecule has 0 amide bonds. The van der Waals surface area contributed by atoms with Crippen molar-refractivity contribution in [2.24, 2.45) is 0 Å². The topological polar surface area (TPSA) is 72.6 Å². The van der Waals surface area contributed by atoms with Crippen LogP contribution in [-0.4, -0.2) is 23.3 Å². The molecule has 0 fully saturated rings. The quantitative estimate of drug-likeness (QED) is 0.908. The highest BCUT2D eigenvalue weighted by atomic mass is 16.5. The fourth-order valence-electron chi connectivity index (χ4n) is 2.24. The molecule has 0 saturated carbocycles. The van der Waals surface area contributed by atoms with E-state index in [4.69, 9.17) is 14.4 Å². The second-order valence-electron chi connectivity index (χ2n) is 4.62. The Bertz CT molecular complexity index is 611. The van der Waals surface area contributed by atoms with E-state index in [2.05, 4.69) is 5.16 Å². The van der Waals surface area contributed by atoms with E-state index in [9.17, 15) is 4.79 Å². The van der Waals surface area contributed by atoms with Crippen molar-refractivity contribution in [3.05, 3.63) is 35.2 Å². The lowest BCUT2D eigenvalue weighted by Crippen LogP contribution is -2.00. The molecule has 0 aliphatic heterocycles. The van der Waals surface area contributed by atoms with Gasteiger partial charge in [-0.15, -0.1) is 0 Å². The zero-order valence-electron chi connectivity index (χ0n) is 11.8. The molecule has 2 aromatic rings. The highest BCUT2D eigenvalue weighted by molar-refractivity contribution is 5.74. The van der Waals surface area contributed by atoms with Gasteiger partial charge in [0.25, 0.3) is 0 Å². The lowest BCUT2D eigenvalue weighted by molar-refractivity contribution is -0.136. The second-order valence-corrected chi connectivity index (χ2v) is 4.62. The van der Waals surface area contributed by atoms with Crippen molar-refractivity contribution in [3.63, 3.8) is 0 Å². The first kappa shape index (κ1) is 14.1. The lowest BCUT2D eigenvalue weighted by Gasteiger charge is -2.10. The minimum absolute atomic E-state index is 0.0860. The van der Waals surface area contributed by atoms with Gasteiger partial charge in [-0.3, -0.25) is 4.79 Å². The standard InChI is InChI=1S/C15H17NO4/c1-9-15(10(2)20-16-9)13-8-12(19-3)6-4-11(13)5-7-14(17)18/h4,6,8H,5,7H2,1-3H3,(H,17,18). The van der Waals surface area contributed by atoms with E-state index in [0.717, 1.165) is 28.1 Å². The molecule has 0 saturated heterocycles. The molecule has 0 atom stereocenters. The number of aryl methyl sites for hydroxylation is 3. The van der Waals surface area contributed by atoms with Crippen molar-refractivity contribution in [2.75, 3.05) is 7.11 Å². The molecule has 1 aromatic heterocycles. The van der Waals surface area contributed by atoms with E-state index in [1.54, 1.807) is 7.11 Å². The van der Waals surface area contributed by atoms with Crippen molar-refractivity contribution >= 4 is 5.97 Å².